The number of unbranched alkanes of at least 4 members (excludes halogenated alkanes) is 10. The monoisotopic (exact) mass is 350 g/mol. The van der Waals surface area contributed by atoms with Crippen molar-refractivity contribution in [1.29, 1.82) is 0 Å². The van der Waals surface area contributed by atoms with Gasteiger partial charge in [-0.3, -0.25) is 8.98 Å². The maximum Gasteiger partial charge on any atom is 0.279 e. The second-order valence-corrected chi connectivity index (χ2v) is 7.97. The third-order valence-electron chi connectivity index (χ3n) is 4.13. The SMILES string of the molecule is CCCCCCCCCCCCCC(=O)C(CO)S(=O)(=O)OC. The number of carbonyl (C=O) groups is 1. The summed E-state index contributed by atoms with van der Waals surface area (Å²) >= 11 is 0. The van der Waals surface area contributed by atoms with Crippen LogP contribution in [-0.4, -0.2) is 38.3 Å². The van der Waals surface area contributed by atoms with Gasteiger partial charge < -0.3 is 5.11 Å². The molecule has 1 atom stereocenters. The van der Waals surface area contributed by atoms with Crippen LogP contribution in [0.4, 0.5) is 0 Å². The Morgan fingerprint density at radius 3 is 1.74 bits per heavy atom. The molecular weight excluding hydrogens is 316 g/mol. The van der Waals surface area contributed by atoms with Gasteiger partial charge in [0, 0.05) is 6.42 Å². The molecule has 0 radical (unpaired) electrons. The van der Waals surface area contributed by atoms with E-state index in [1.165, 1.54) is 51.4 Å². The van der Waals surface area contributed by atoms with E-state index in [0.29, 0.717) is 6.42 Å². The van der Waals surface area contributed by atoms with Crippen LogP contribution in [0.3, 0.4) is 0 Å². The van der Waals surface area contributed by atoms with E-state index in [2.05, 4.69) is 11.1 Å². The molecule has 0 rings (SSSR count). The normalized spacial score (nSPS) is 13.2. The number of aliphatic hydroxyl groups excluding tert-OH is 1. The maximum atomic E-state index is 11.8. The highest BCUT2D eigenvalue weighted by molar-refractivity contribution is 7.88. The number of rotatable bonds is 16. The number of ketones is 1. The number of hydrogen-bond acceptors (Lipinski definition) is 5. The van der Waals surface area contributed by atoms with Crippen molar-refractivity contribution < 1.29 is 22.5 Å². The van der Waals surface area contributed by atoms with Crippen LogP contribution in [-0.2, 0) is 19.1 Å². The molecule has 23 heavy (non-hydrogen) atoms. The molecular formula is C17H34O5S. The quantitative estimate of drug-likeness (QED) is 0.340. The van der Waals surface area contributed by atoms with Gasteiger partial charge in [-0.1, -0.05) is 71.1 Å². The topological polar surface area (TPSA) is 80.7 Å². The zero-order valence-corrected chi connectivity index (χ0v) is 15.6. The lowest BCUT2D eigenvalue weighted by Gasteiger charge is -2.12. The van der Waals surface area contributed by atoms with E-state index in [1.54, 1.807) is 0 Å². The molecule has 0 aromatic rings. The third kappa shape index (κ3) is 10.8. The molecule has 138 valence electrons. The molecule has 0 saturated carbocycles. The smallest absolute Gasteiger partial charge is 0.279 e. The van der Waals surface area contributed by atoms with E-state index in [0.717, 1.165) is 20.0 Å². The minimum absolute atomic E-state index is 0.185. The molecule has 0 fully saturated rings. The zero-order chi connectivity index (χ0) is 17.6. The van der Waals surface area contributed by atoms with Crippen molar-refractivity contribution in [2.24, 2.45) is 0 Å². The highest BCUT2D eigenvalue weighted by atomic mass is 32.2. The fourth-order valence-electron chi connectivity index (χ4n) is 2.59. The van der Waals surface area contributed by atoms with Crippen LogP contribution in [0.2, 0.25) is 0 Å². The predicted octanol–water partition coefficient (Wildman–Crippen LogP) is 3.59. The number of carbonyl (C=O) groups excluding carboxylic acids is 1. The van der Waals surface area contributed by atoms with Crippen LogP contribution in [0.1, 0.15) is 84.0 Å². The summed E-state index contributed by atoms with van der Waals surface area (Å²) in [5.41, 5.74) is 0. The molecule has 0 aliphatic rings. The molecule has 1 unspecified atom stereocenters. The predicted molar refractivity (Wildman–Crippen MR) is 92.9 cm³/mol. The van der Waals surface area contributed by atoms with Crippen molar-refractivity contribution in [2.45, 2.75) is 89.2 Å². The molecule has 0 spiro atoms. The lowest BCUT2D eigenvalue weighted by Crippen LogP contribution is -2.34. The highest BCUT2D eigenvalue weighted by Crippen LogP contribution is 2.14. The van der Waals surface area contributed by atoms with Crippen LogP contribution < -0.4 is 0 Å². The van der Waals surface area contributed by atoms with Gasteiger partial charge in [-0.2, -0.15) is 8.42 Å². The maximum absolute atomic E-state index is 11.8. The van der Waals surface area contributed by atoms with Crippen molar-refractivity contribution in [1.82, 2.24) is 0 Å². The Bertz CT molecular complexity index is 392. The molecule has 1 N–H and O–H groups in total. The Labute approximate surface area is 141 Å². The van der Waals surface area contributed by atoms with Crippen molar-refractivity contribution >= 4 is 15.9 Å². The van der Waals surface area contributed by atoms with Gasteiger partial charge in [-0.25, -0.2) is 0 Å². The van der Waals surface area contributed by atoms with Crippen molar-refractivity contribution in [3.05, 3.63) is 0 Å². The van der Waals surface area contributed by atoms with Crippen molar-refractivity contribution in [3.63, 3.8) is 0 Å². The summed E-state index contributed by atoms with van der Waals surface area (Å²) in [4.78, 5) is 11.8. The summed E-state index contributed by atoms with van der Waals surface area (Å²) in [5.74, 6) is -0.453. The van der Waals surface area contributed by atoms with Gasteiger partial charge in [0.25, 0.3) is 10.1 Å². The largest absolute Gasteiger partial charge is 0.394 e. The molecule has 0 amide bonds. The van der Waals surface area contributed by atoms with Gasteiger partial charge in [-0.05, 0) is 6.42 Å². The van der Waals surface area contributed by atoms with E-state index in [4.69, 9.17) is 5.11 Å². The first-order valence-electron chi connectivity index (χ1n) is 8.92. The van der Waals surface area contributed by atoms with Crippen LogP contribution in [0.25, 0.3) is 0 Å². The molecule has 0 aliphatic carbocycles. The summed E-state index contributed by atoms with van der Waals surface area (Å²) in [7, 11) is -2.97. The second-order valence-electron chi connectivity index (χ2n) is 6.08. The molecule has 0 aliphatic heterocycles. The Morgan fingerprint density at radius 2 is 1.35 bits per heavy atom. The molecule has 0 bridgehead atoms. The van der Waals surface area contributed by atoms with Crippen LogP contribution in [0.5, 0.6) is 0 Å². The van der Waals surface area contributed by atoms with Gasteiger partial charge in [0.15, 0.2) is 11.0 Å². The number of hydrogen-bond donors (Lipinski definition) is 1. The Morgan fingerprint density at radius 1 is 0.913 bits per heavy atom. The average molecular weight is 351 g/mol. The fraction of sp³-hybridized carbons (Fsp3) is 0.941. The van der Waals surface area contributed by atoms with Gasteiger partial charge in [-0.15, -0.1) is 0 Å². The second kappa shape index (κ2) is 13.9. The summed E-state index contributed by atoms with van der Waals surface area (Å²) in [5, 5.41) is 7.63. The third-order valence-corrected chi connectivity index (χ3v) is 5.71. The minimum atomic E-state index is -3.97. The lowest BCUT2D eigenvalue weighted by molar-refractivity contribution is -0.119. The van der Waals surface area contributed by atoms with Gasteiger partial charge in [0.2, 0.25) is 0 Å². The molecule has 0 heterocycles. The number of aliphatic hydroxyl groups is 1. The molecule has 6 heteroatoms. The molecule has 0 saturated heterocycles. The van der Waals surface area contributed by atoms with Gasteiger partial charge >= 0.3 is 0 Å². The summed E-state index contributed by atoms with van der Waals surface area (Å²) in [6.07, 6.45) is 13.1. The standard InChI is InChI=1S/C17H34O5S/c1-3-4-5-6-7-8-9-10-11-12-13-14-16(19)17(15-18)23(20,21)22-2/h17-18H,3-15H2,1-2H3. The first kappa shape index (κ1) is 22.5. The van der Waals surface area contributed by atoms with E-state index in [9.17, 15) is 13.2 Å². The van der Waals surface area contributed by atoms with E-state index in [-0.39, 0.29) is 6.42 Å². The Kier molecular flexibility index (Phi) is 13.7. The van der Waals surface area contributed by atoms with Crippen LogP contribution >= 0.6 is 0 Å². The van der Waals surface area contributed by atoms with Crippen LogP contribution in [0.15, 0.2) is 0 Å². The van der Waals surface area contributed by atoms with E-state index >= 15 is 0 Å². The lowest BCUT2D eigenvalue weighted by atomic mass is 10.0. The van der Waals surface area contributed by atoms with Crippen molar-refractivity contribution in [2.75, 3.05) is 13.7 Å². The highest BCUT2D eigenvalue weighted by Gasteiger charge is 2.31. The first-order chi connectivity index (χ1) is 11.0. The van der Waals surface area contributed by atoms with Crippen molar-refractivity contribution in [3.8, 4) is 0 Å². The van der Waals surface area contributed by atoms with E-state index in [1.807, 2.05) is 0 Å². The fourth-order valence-corrected chi connectivity index (χ4v) is 3.45. The molecule has 5 nitrogen and oxygen atoms in total. The first-order valence-corrected chi connectivity index (χ1v) is 10.4. The summed E-state index contributed by atoms with van der Waals surface area (Å²) in [6.45, 7) is 1.51. The Balaban J connectivity index is 3.62. The number of Topliss-reactive ketones (excluding diaryl/α,β-unsaturated/α-hetero) is 1. The minimum Gasteiger partial charge on any atom is -0.394 e. The molecule has 0 aromatic heterocycles. The zero-order valence-electron chi connectivity index (χ0n) is 14.8. The van der Waals surface area contributed by atoms with Crippen LogP contribution in [0, 0.1) is 0 Å². The van der Waals surface area contributed by atoms with E-state index < -0.39 is 27.8 Å². The summed E-state index contributed by atoms with van der Waals surface area (Å²) in [6, 6.07) is 0. The van der Waals surface area contributed by atoms with Gasteiger partial charge in [0.05, 0.1) is 13.7 Å². The average Bonchev–Trinajstić information content (AvgIpc) is 2.53. The summed E-state index contributed by atoms with van der Waals surface area (Å²) < 4.78 is 27.3. The van der Waals surface area contributed by atoms with Gasteiger partial charge in [0.1, 0.15) is 0 Å². The molecule has 0 aromatic carbocycles. The Hall–Kier alpha value is -0.460.